The Morgan fingerprint density at radius 3 is 2.31 bits per heavy atom. The number of aliphatic imine (C=N–C) groups is 1. The van der Waals surface area contributed by atoms with Crippen LogP contribution in [-0.2, 0) is 4.79 Å². The van der Waals surface area contributed by atoms with Crippen molar-refractivity contribution in [1.29, 1.82) is 0 Å². The maximum Gasteiger partial charge on any atom is 0.317 e. The van der Waals surface area contributed by atoms with E-state index in [0.717, 1.165) is 11.1 Å². The Morgan fingerprint density at radius 1 is 0.943 bits per heavy atom. The minimum absolute atomic E-state index is 0.121. The van der Waals surface area contributed by atoms with Gasteiger partial charge in [0.2, 0.25) is 6.17 Å². The van der Waals surface area contributed by atoms with Crippen molar-refractivity contribution >= 4 is 29.1 Å². The van der Waals surface area contributed by atoms with Gasteiger partial charge in [-0.3, -0.25) is 9.59 Å². The number of hydrogen-bond donors (Lipinski definition) is 2. The van der Waals surface area contributed by atoms with Gasteiger partial charge in [-0.05, 0) is 32.4 Å². The first-order valence-electron chi connectivity index (χ1n) is 11.5. The number of carbonyl (C=O) groups is 3. The number of Topliss-reactive ketones (excluding diaryl/α,β-unsaturated/α-hetero) is 1. The van der Waals surface area contributed by atoms with Crippen LogP contribution in [0.3, 0.4) is 0 Å². The van der Waals surface area contributed by atoms with Crippen LogP contribution >= 0.6 is 0 Å². The molecule has 178 valence electrons. The molecular formula is C28H28N4O3. The fourth-order valence-corrected chi connectivity index (χ4v) is 4.06. The second-order valence-corrected chi connectivity index (χ2v) is 8.70. The van der Waals surface area contributed by atoms with Crippen molar-refractivity contribution in [1.82, 2.24) is 10.6 Å². The molecule has 0 saturated carbocycles. The van der Waals surface area contributed by atoms with Crippen LogP contribution < -0.4 is 15.5 Å². The maximum atomic E-state index is 13.8. The van der Waals surface area contributed by atoms with Gasteiger partial charge < -0.3 is 15.5 Å². The third-order valence-corrected chi connectivity index (χ3v) is 5.69. The topological polar surface area (TPSA) is 90.9 Å². The molecule has 1 aliphatic rings. The quantitative estimate of drug-likeness (QED) is 0.534. The summed E-state index contributed by atoms with van der Waals surface area (Å²) >= 11 is 0. The molecule has 4 rings (SSSR count). The van der Waals surface area contributed by atoms with Crippen LogP contribution in [-0.4, -0.2) is 42.2 Å². The maximum absolute atomic E-state index is 13.8. The third kappa shape index (κ3) is 5.30. The molecule has 35 heavy (non-hydrogen) atoms. The van der Waals surface area contributed by atoms with Gasteiger partial charge in [-0.15, -0.1) is 0 Å². The number of urea groups is 1. The molecule has 1 aliphatic heterocycles. The molecule has 1 heterocycles. The molecule has 0 bridgehead atoms. The third-order valence-electron chi connectivity index (χ3n) is 5.69. The normalized spacial score (nSPS) is 15.2. The van der Waals surface area contributed by atoms with Gasteiger partial charge in [0.1, 0.15) is 0 Å². The summed E-state index contributed by atoms with van der Waals surface area (Å²) in [6.45, 7) is 5.34. The Morgan fingerprint density at radius 2 is 1.60 bits per heavy atom. The number of nitrogens with zero attached hydrogens (tertiary/aromatic N) is 2. The summed E-state index contributed by atoms with van der Waals surface area (Å²) in [6.07, 6.45) is -1.21. The van der Waals surface area contributed by atoms with Gasteiger partial charge in [-0.1, -0.05) is 72.8 Å². The standard InChI is InChI=1S/C28H28N4O3/c1-18(2)29-28(35)31-26-27(34)32(17-24(33)21-14-8-7-11-19(21)3)23-16-10-9-15-22(23)25(30-26)20-12-5-4-6-13-20/h4-16,18,26H,17H2,1-3H3,(H2,29,31,35)/t26-/m1/s1. The van der Waals surface area contributed by atoms with Crippen molar-refractivity contribution in [3.05, 3.63) is 101 Å². The summed E-state index contributed by atoms with van der Waals surface area (Å²) in [5.41, 5.74) is 4.02. The highest BCUT2D eigenvalue weighted by Gasteiger charge is 2.34. The largest absolute Gasteiger partial charge is 0.336 e. The summed E-state index contributed by atoms with van der Waals surface area (Å²) in [6, 6.07) is 23.5. The van der Waals surface area contributed by atoms with E-state index in [0.29, 0.717) is 22.5 Å². The Balaban J connectivity index is 1.80. The Kier molecular flexibility index (Phi) is 7.06. The number of aryl methyl sites for hydroxylation is 1. The molecular weight excluding hydrogens is 440 g/mol. The molecule has 7 nitrogen and oxygen atoms in total. The van der Waals surface area contributed by atoms with Crippen LogP contribution in [0.15, 0.2) is 83.9 Å². The van der Waals surface area contributed by atoms with Gasteiger partial charge in [-0.25, -0.2) is 9.79 Å². The summed E-state index contributed by atoms with van der Waals surface area (Å²) in [5, 5.41) is 5.43. The number of hydrogen-bond acceptors (Lipinski definition) is 4. The lowest BCUT2D eigenvalue weighted by Gasteiger charge is -2.25. The first-order valence-corrected chi connectivity index (χ1v) is 11.5. The fourth-order valence-electron chi connectivity index (χ4n) is 4.06. The second kappa shape index (κ2) is 10.3. The fraction of sp³-hybridized carbons (Fsp3) is 0.214. The monoisotopic (exact) mass is 468 g/mol. The summed E-state index contributed by atoms with van der Waals surface area (Å²) in [5.74, 6) is -0.677. The molecule has 3 amide bonds. The Labute approximate surface area is 204 Å². The van der Waals surface area contributed by atoms with Crippen molar-refractivity contribution in [2.75, 3.05) is 11.4 Å². The lowest BCUT2D eigenvalue weighted by molar-refractivity contribution is -0.120. The number of nitrogens with one attached hydrogen (secondary N) is 2. The highest BCUT2D eigenvalue weighted by Crippen LogP contribution is 2.28. The van der Waals surface area contributed by atoms with Gasteiger partial charge in [0.25, 0.3) is 5.91 Å². The average molecular weight is 469 g/mol. The zero-order chi connectivity index (χ0) is 24.9. The van der Waals surface area contributed by atoms with Crippen LogP contribution in [0.25, 0.3) is 0 Å². The van der Waals surface area contributed by atoms with Crippen molar-refractivity contribution in [3.63, 3.8) is 0 Å². The Bertz CT molecular complexity index is 1280. The number of fused-ring (bicyclic) bond motifs is 1. The number of para-hydroxylation sites is 1. The molecule has 0 saturated heterocycles. The van der Waals surface area contributed by atoms with Crippen LogP contribution in [0.1, 0.15) is 40.9 Å². The summed E-state index contributed by atoms with van der Waals surface area (Å²) in [7, 11) is 0. The zero-order valence-electron chi connectivity index (χ0n) is 20.0. The van der Waals surface area contributed by atoms with Gasteiger partial charge >= 0.3 is 6.03 Å². The number of anilines is 1. The molecule has 0 fully saturated rings. The SMILES string of the molecule is Cc1ccccc1C(=O)CN1C(=O)[C@@H](NC(=O)NC(C)C)N=C(c2ccccc2)c2ccccc21. The number of benzodiazepines with no additional fused rings is 1. The van der Waals surface area contributed by atoms with Gasteiger partial charge in [0.15, 0.2) is 5.78 Å². The smallest absolute Gasteiger partial charge is 0.317 e. The van der Waals surface area contributed by atoms with Crippen LogP contribution in [0.5, 0.6) is 0 Å². The molecule has 2 N–H and O–H groups in total. The van der Waals surface area contributed by atoms with E-state index in [1.54, 1.807) is 18.2 Å². The first kappa shape index (κ1) is 23.9. The molecule has 1 atom stereocenters. The predicted molar refractivity (Wildman–Crippen MR) is 137 cm³/mol. The lowest BCUT2D eigenvalue weighted by atomic mass is 9.99. The van der Waals surface area contributed by atoms with E-state index in [2.05, 4.69) is 10.6 Å². The average Bonchev–Trinajstić information content (AvgIpc) is 2.95. The highest BCUT2D eigenvalue weighted by molar-refractivity contribution is 6.21. The minimum Gasteiger partial charge on any atom is -0.336 e. The van der Waals surface area contributed by atoms with Gasteiger partial charge in [0, 0.05) is 22.7 Å². The van der Waals surface area contributed by atoms with Crippen LogP contribution in [0.4, 0.5) is 10.5 Å². The lowest BCUT2D eigenvalue weighted by Crippen LogP contribution is -2.52. The van der Waals surface area contributed by atoms with E-state index in [4.69, 9.17) is 4.99 Å². The molecule has 3 aromatic carbocycles. The predicted octanol–water partition coefficient (Wildman–Crippen LogP) is 4.10. The van der Waals surface area contributed by atoms with Crippen molar-refractivity contribution < 1.29 is 14.4 Å². The summed E-state index contributed by atoms with van der Waals surface area (Å²) < 4.78 is 0. The second-order valence-electron chi connectivity index (χ2n) is 8.70. The van der Waals surface area contributed by atoms with E-state index in [-0.39, 0.29) is 18.4 Å². The molecule has 0 radical (unpaired) electrons. The molecule has 0 aliphatic carbocycles. The van der Waals surface area contributed by atoms with Crippen LogP contribution in [0.2, 0.25) is 0 Å². The Hall–Kier alpha value is -4.26. The highest BCUT2D eigenvalue weighted by atomic mass is 16.2. The first-order chi connectivity index (χ1) is 16.8. The van der Waals surface area contributed by atoms with E-state index < -0.39 is 18.1 Å². The zero-order valence-corrected chi connectivity index (χ0v) is 20.0. The van der Waals surface area contributed by atoms with Gasteiger partial charge in [-0.2, -0.15) is 0 Å². The van der Waals surface area contributed by atoms with Crippen molar-refractivity contribution in [3.8, 4) is 0 Å². The number of rotatable bonds is 6. The van der Waals surface area contributed by atoms with E-state index in [1.807, 2.05) is 81.4 Å². The van der Waals surface area contributed by atoms with E-state index in [9.17, 15) is 14.4 Å². The van der Waals surface area contributed by atoms with E-state index in [1.165, 1.54) is 4.90 Å². The molecule has 0 unspecified atom stereocenters. The van der Waals surface area contributed by atoms with Crippen LogP contribution in [0, 0.1) is 6.92 Å². The molecule has 7 heteroatoms. The van der Waals surface area contributed by atoms with Crippen molar-refractivity contribution in [2.45, 2.75) is 33.0 Å². The number of benzene rings is 3. The molecule has 3 aromatic rings. The summed E-state index contributed by atoms with van der Waals surface area (Å²) in [4.78, 5) is 45.8. The molecule has 0 aromatic heterocycles. The number of amides is 3. The van der Waals surface area contributed by atoms with Crippen molar-refractivity contribution in [2.24, 2.45) is 4.99 Å². The number of ketones is 1. The molecule has 0 spiro atoms. The van der Waals surface area contributed by atoms with E-state index >= 15 is 0 Å². The van der Waals surface area contributed by atoms with Gasteiger partial charge in [0.05, 0.1) is 17.9 Å². The minimum atomic E-state index is -1.21. The number of carbonyl (C=O) groups excluding carboxylic acids is 3.